The van der Waals surface area contributed by atoms with Crippen molar-refractivity contribution in [1.82, 2.24) is 0 Å². The van der Waals surface area contributed by atoms with Crippen LogP contribution in [0, 0.1) is 0 Å². The molecule has 6 heteroatoms. The van der Waals surface area contributed by atoms with Gasteiger partial charge < -0.3 is 20.4 Å². The van der Waals surface area contributed by atoms with E-state index in [-0.39, 0.29) is 6.10 Å². The minimum Gasteiger partial charge on any atom is -0.490 e. The van der Waals surface area contributed by atoms with Crippen LogP contribution in [0.2, 0.25) is 0 Å². The number of ether oxygens (including phenoxy) is 1. The van der Waals surface area contributed by atoms with Crippen LogP contribution >= 0.6 is 0 Å². The first kappa shape index (κ1) is 13.4. The molecule has 1 aromatic rings. The van der Waals surface area contributed by atoms with Crippen LogP contribution in [0.4, 0.5) is 0 Å². The molecule has 0 spiro atoms. The molecule has 0 radical (unpaired) electrons. The molecule has 102 valence electrons. The van der Waals surface area contributed by atoms with Gasteiger partial charge in [-0.3, -0.25) is 4.79 Å². The molecule has 3 N–H and O–H groups in total. The number of carbonyl (C=O) groups is 1. The summed E-state index contributed by atoms with van der Waals surface area (Å²) in [5.41, 5.74) is 6.33. The fraction of sp³-hybridized carbons (Fsp3) is 0.385. The maximum Gasteiger partial charge on any atom is 0.320 e. The van der Waals surface area contributed by atoms with E-state index in [0.717, 1.165) is 12.0 Å². The molecule has 0 saturated carbocycles. The number of hydrogen-bond donors (Lipinski definition) is 2. The zero-order valence-corrected chi connectivity index (χ0v) is 10.4. The number of oxime groups is 1. The number of hydrogen-bond acceptors (Lipinski definition) is 5. The predicted molar refractivity (Wildman–Crippen MR) is 69.2 cm³/mol. The summed E-state index contributed by atoms with van der Waals surface area (Å²) in [4.78, 5) is 15.7. The van der Waals surface area contributed by atoms with E-state index in [1.54, 1.807) is 18.3 Å². The van der Waals surface area contributed by atoms with E-state index in [1.807, 2.05) is 12.1 Å². The first-order chi connectivity index (χ1) is 9.15. The molecule has 1 aliphatic rings. The van der Waals surface area contributed by atoms with Gasteiger partial charge in [0, 0.05) is 12.6 Å². The van der Waals surface area contributed by atoms with Crippen molar-refractivity contribution in [3.05, 3.63) is 29.8 Å². The van der Waals surface area contributed by atoms with E-state index in [0.29, 0.717) is 18.8 Å². The second-order valence-electron chi connectivity index (χ2n) is 4.35. The maximum absolute atomic E-state index is 10.6. The second kappa shape index (κ2) is 6.19. The van der Waals surface area contributed by atoms with Crippen LogP contribution in [-0.2, 0) is 16.1 Å². The van der Waals surface area contributed by atoms with Crippen LogP contribution in [0.1, 0.15) is 12.0 Å². The smallest absolute Gasteiger partial charge is 0.320 e. The normalized spacial score (nSPS) is 18.9. The molecule has 1 aliphatic heterocycles. The lowest BCUT2D eigenvalue weighted by atomic mass is 10.1. The van der Waals surface area contributed by atoms with E-state index >= 15 is 0 Å². The van der Waals surface area contributed by atoms with Gasteiger partial charge in [-0.1, -0.05) is 17.3 Å². The SMILES string of the molecule is NC(Cc1ccc(OCC2CC=NO2)cc1)C(=O)O. The highest BCUT2D eigenvalue weighted by atomic mass is 16.7. The van der Waals surface area contributed by atoms with Gasteiger partial charge in [0.05, 0.1) is 0 Å². The van der Waals surface area contributed by atoms with Crippen molar-refractivity contribution in [3.63, 3.8) is 0 Å². The minimum atomic E-state index is -1.00. The number of rotatable bonds is 6. The van der Waals surface area contributed by atoms with Gasteiger partial charge in [-0.25, -0.2) is 0 Å². The van der Waals surface area contributed by atoms with Gasteiger partial charge in [-0.05, 0) is 24.1 Å². The van der Waals surface area contributed by atoms with Gasteiger partial charge in [0.25, 0.3) is 0 Å². The van der Waals surface area contributed by atoms with Crippen LogP contribution in [0.5, 0.6) is 5.75 Å². The molecule has 0 saturated heterocycles. The Bertz CT molecular complexity index is 450. The number of benzene rings is 1. The molecule has 0 aromatic heterocycles. The van der Waals surface area contributed by atoms with E-state index in [2.05, 4.69) is 5.16 Å². The van der Waals surface area contributed by atoms with Crippen LogP contribution in [0.3, 0.4) is 0 Å². The molecule has 1 aromatic carbocycles. The van der Waals surface area contributed by atoms with Crippen molar-refractivity contribution in [1.29, 1.82) is 0 Å². The second-order valence-corrected chi connectivity index (χ2v) is 4.35. The lowest BCUT2D eigenvalue weighted by molar-refractivity contribution is -0.138. The lowest BCUT2D eigenvalue weighted by Gasteiger charge is -2.11. The third kappa shape index (κ3) is 3.96. The van der Waals surface area contributed by atoms with Gasteiger partial charge >= 0.3 is 5.97 Å². The Hall–Kier alpha value is -2.08. The van der Waals surface area contributed by atoms with Crippen LogP contribution in [0.15, 0.2) is 29.4 Å². The van der Waals surface area contributed by atoms with Gasteiger partial charge in [-0.2, -0.15) is 0 Å². The van der Waals surface area contributed by atoms with Crippen molar-refractivity contribution in [2.45, 2.75) is 25.0 Å². The van der Waals surface area contributed by atoms with Crippen LogP contribution in [0.25, 0.3) is 0 Å². The Labute approximate surface area is 110 Å². The molecule has 0 bridgehead atoms. The summed E-state index contributed by atoms with van der Waals surface area (Å²) >= 11 is 0. The largest absolute Gasteiger partial charge is 0.490 e. The molecule has 0 fully saturated rings. The third-order valence-electron chi connectivity index (χ3n) is 2.78. The number of nitrogens with two attached hydrogens (primary N) is 1. The van der Waals surface area contributed by atoms with Gasteiger partial charge in [-0.15, -0.1) is 0 Å². The molecule has 2 unspecified atom stereocenters. The summed E-state index contributed by atoms with van der Waals surface area (Å²) in [5, 5.41) is 12.4. The van der Waals surface area contributed by atoms with Gasteiger partial charge in [0.1, 0.15) is 18.4 Å². The number of nitrogens with zero attached hydrogens (tertiary/aromatic N) is 1. The third-order valence-corrected chi connectivity index (χ3v) is 2.78. The van der Waals surface area contributed by atoms with Crippen LogP contribution < -0.4 is 10.5 Å². The summed E-state index contributed by atoms with van der Waals surface area (Å²) in [6.45, 7) is 0.438. The first-order valence-electron chi connectivity index (χ1n) is 6.03. The average molecular weight is 264 g/mol. The Kier molecular flexibility index (Phi) is 4.35. The maximum atomic E-state index is 10.6. The number of aliphatic carboxylic acids is 1. The quantitative estimate of drug-likeness (QED) is 0.792. The predicted octanol–water partition coefficient (Wildman–Crippen LogP) is 0.794. The summed E-state index contributed by atoms with van der Waals surface area (Å²) < 4.78 is 5.54. The number of carboxylic acid groups (broad SMARTS) is 1. The highest BCUT2D eigenvalue weighted by molar-refractivity contribution is 5.73. The minimum absolute atomic E-state index is 0.0277. The monoisotopic (exact) mass is 264 g/mol. The highest BCUT2D eigenvalue weighted by Crippen LogP contribution is 2.15. The molecule has 1 heterocycles. The Morgan fingerprint density at radius 1 is 1.53 bits per heavy atom. The Morgan fingerprint density at radius 2 is 2.26 bits per heavy atom. The molecule has 2 atom stereocenters. The van der Waals surface area contributed by atoms with Crippen LogP contribution in [-0.4, -0.2) is 36.0 Å². The fourth-order valence-corrected chi connectivity index (χ4v) is 1.68. The van der Waals surface area contributed by atoms with Crippen molar-refractivity contribution in [3.8, 4) is 5.75 Å². The van der Waals surface area contributed by atoms with Crippen molar-refractivity contribution in [2.75, 3.05) is 6.61 Å². The average Bonchev–Trinajstić information content (AvgIpc) is 2.91. The Balaban J connectivity index is 1.82. The van der Waals surface area contributed by atoms with E-state index in [1.165, 1.54) is 0 Å². The topological polar surface area (TPSA) is 94.1 Å². The van der Waals surface area contributed by atoms with Crippen molar-refractivity contribution >= 4 is 12.2 Å². The van der Waals surface area contributed by atoms with E-state index in [4.69, 9.17) is 20.4 Å². The number of carboxylic acids is 1. The summed E-state index contributed by atoms with van der Waals surface area (Å²) in [5.74, 6) is -0.290. The summed E-state index contributed by atoms with van der Waals surface area (Å²) in [6, 6.07) is 6.32. The molecule has 0 amide bonds. The molecule has 6 nitrogen and oxygen atoms in total. The zero-order valence-electron chi connectivity index (χ0n) is 10.4. The Morgan fingerprint density at radius 3 is 2.84 bits per heavy atom. The first-order valence-corrected chi connectivity index (χ1v) is 6.03. The molecule has 19 heavy (non-hydrogen) atoms. The summed E-state index contributed by atoms with van der Waals surface area (Å²) in [7, 11) is 0. The van der Waals surface area contributed by atoms with Crippen molar-refractivity contribution in [2.24, 2.45) is 10.9 Å². The van der Waals surface area contributed by atoms with E-state index < -0.39 is 12.0 Å². The highest BCUT2D eigenvalue weighted by Gasteiger charge is 2.14. The molecular formula is C13H16N2O4. The molecular weight excluding hydrogens is 248 g/mol. The van der Waals surface area contributed by atoms with Gasteiger partial charge in [0.15, 0.2) is 6.10 Å². The zero-order chi connectivity index (χ0) is 13.7. The molecule has 2 rings (SSSR count). The molecule has 0 aliphatic carbocycles. The van der Waals surface area contributed by atoms with Gasteiger partial charge in [0.2, 0.25) is 0 Å². The van der Waals surface area contributed by atoms with E-state index in [9.17, 15) is 4.79 Å². The fourth-order valence-electron chi connectivity index (χ4n) is 1.68. The van der Waals surface area contributed by atoms with Crippen molar-refractivity contribution < 1.29 is 19.5 Å². The lowest BCUT2D eigenvalue weighted by Crippen LogP contribution is -2.32. The summed E-state index contributed by atoms with van der Waals surface area (Å²) in [6.07, 6.45) is 2.74. The standard InChI is InChI=1S/C13H16N2O4/c14-12(13(16)17)7-9-1-3-10(4-2-9)18-8-11-5-6-15-19-11/h1-4,6,11-12H,5,7-8,14H2,(H,16,17).